The van der Waals surface area contributed by atoms with Crippen LogP contribution in [0.3, 0.4) is 0 Å². The Balaban J connectivity index is 2.95. The summed E-state index contributed by atoms with van der Waals surface area (Å²) in [5, 5.41) is 11.5. The van der Waals surface area contributed by atoms with E-state index in [9.17, 15) is 5.11 Å². The first kappa shape index (κ1) is 28.1. The van der Waals surface area contributed by atoms with E-state index in [0.717, 1.165) is 56.9 Å². The quantitative estimate of drug-likeness (QED) is 0.166. The lowest BCUT2D eigenvalue weighted by atomic mass is 9.86. The Bertz CT molecular complexity index is 504. The first-order chi connectivity index (χ1) is 15.1. The molecule has 180 valence electrons. The van der Waals surface area contributed by atoms with Crippen LogP contribution in [0.1, 0.15) is 123 Å². The van der Waals surface area contributed by atoms with Crippen LogP contribution in [0.25, 0.3) is 0 Å². The average molecular weight is 435 g/mol. The number of hydrogen-bond donors (Lipinski definition) is 1. The highest BCUT2D eigenvalue weighted by Crippen LogP contribution is 2.40. The molecule has 0 radical (unpaired) electrons. The number of hydrogen-bond acceptors (Lipinski definition) is 3. The molecule has 2 unspecified atom stereocenters. The highest BCUT2D eigenvalue weighted by molar-refractivity contribution is 5.20. The number of rotatable bonds is 20. The molecule has 0 saturated carbocycles. The van der Waals surface area contributed by atoms with Crippen molar-refractivity contribution in [2.75, 3.05) is 13.2 Å². The third kappa shape index (κ3) is 10.5. The summed E-state index contributed by atoms with van der Waals surface area (Å²) >= 11 is 0. The fraction of sp³-hybridized carbons (Fsp3) is 0.786. The molecule has 1 aromatic carbocycles. The average Bonchev–Trinajstić information content (AvgIpc) is 2.80. The van der Waals surface area contributed by atoms with Gasteiger partial charge in [0.15, 0.2) is 0 Å². The van der Waals surface area contributed by atoms with E-state index in [-0.39, 0.29) is 5.92 Å². The minimum Gasteiger partial charge on any atom is -0.383 e. The molecule has 1 rings (SSSR count). The number of benzene rings is 1. The van der Waals surface area contributed by atoms with Crippen LogP contribution in [-0.2, 0) is 9.47 Å². The Morgan fingerprint density at radius 3 is 1.74 bits per heavy atom. The zero-order chi connectivity index (χ0) is 22.8. The molecule has 0 amide bonds. The Morgan fingerprint density at radius 1 is 0.710 bits per heavy atom. The van der Waals surface area contributed by atoms with Crippen molar-refractivity contribution in [2.24, 2.45) is 5.92 Å². The minimum absolute atomic E-state index is 0.122. The van der Waals surface area contributed by atoms with Crippen molar-refractivity contribution >= 4 is 0 Å². The lowest BCUT2D eigenvalue weighted by Gasteiger charge is -2.42. The second kappa shape index (κ2) is 17.6. The van der Waals surface area contributed by atoms with E-state index < -0.39 is 11.9 Å². The standard InChI is InChI=1S/C28H50O3/c1-5-8-11-12-13-15-20-25(4)28(30-23-18-9-6-2,31-24-19-10-7-3)27(29)26-21-16-14-17-22-26/h14,16-17,21-22,25,27,29H,5-13,15,18-20,23-24H2,1-4H3. The zero-order valence-electron chi connectivity index (χ0n) is 20.9. The van der Waals surface area contributed by atoms with Gasteiger partial charge < -0.3 is 14.6 Å². The van der Waals surface area contributed by atoms with Gasteiger partial charge >= 0.3 is 0 Å². The third-order valence-corrected chi connectivity index (χ3v) is 6.33. The minimum atomic E-state index is -0.980. The van der Waals surface area contributed by atoms with Gasteiger partial charge in [-0.1, -0.05) is 122 Å². The number of ether oxygens (including phenoxy) is 2. The first-order valence-corrected chi connectivity index (χ1v) is 13.1. The first-order valence-electron chi connectivity index (χ1n) is 13.1. The third-order valence-electron chi connectivity index (χ3n) is 6.33. The highest BCUT2D eigenvalue weighted by Gasteiger charge is 2.45. The summed E-state index contributed by atoms with van der Waals surface area (Å²) < 4.78 is 13.0. The van der Waals surface area contributed by atoms with Gasteiger partial charge in [0.25, 0.3) is 0 Å². The Kier molecular flexibility index (Phi) is 16.0. The predicted molar refractivity (Wildman–Crippen MR) is 132 cm³/mol. The van der Waals surface area contributed by atoms with Crippen molar-refractivity contribution in [3.05, 3.63) is 35.9 Å². The van der Waals surface area contributed by atoms with Crippen LogP contribution in [-0.4, -0.2) is 24.1 Å². The maximum atomic E-state index is 11.5. The second-order valence-electron chi connectivity index (χ2n) is 9.10. The molecule has 0 aliphatic heterocycles. The molecule has 0 saturated heterocycles. The molecule has 3 heteroatoms. The van der Waals surface area contributed by atoms with Gasteiger partial charge in [-0.25, -0.2) is 0 Å². The topological polar surface area (TPSA) is 38.7 Å². The van der Waals surface area contributed by atoms with Crippen LogP contribution in [0.4, 0.5) is 0 Å². The van der Waals surface area contributed by atoms with Gasteiger partial charge in [0.2, 0.25) is 5.79 Å². The lowest BCUT2D eigenvalue weighted by Crippen LogP contribution is -2.48. The van der Waals surface area contributed by atoms with Gasteiger partial charge in [-0.3, -0.25) is 0 Å². The van der Waals surface area contributed by atoms with Crippen molar-refractivity contribution < 1.29 is 14.6 Å². The molecule has 0 spiro atoms. The van der Waals surface area contributed by atoms with Crippen LogP contribution in [0.15, 0.2) is 30.3 Å². The van der Waals surface area contributed by atoms with Crippen LogP contribution in [0.5, 0.6) is 0 Å². The van der Waals surface area contributed by atoms with Crippen molar-refractivity contribution in [2.45, 2.75) is 123 Å². The lowest BCUT2D eigenvalue weighted by molar-refractivity contribution is -0.312. The van der Waals surface area contributed by atoms with Crippen molar-refractivity contribution in [1.82, 2.24) is 0 Å². The Labute approximate surface area is 192 Å². The van der Waals surface area contributed by atoms with Crippen LogP contribution >= 0.6 is 0 Å². The second-order valence-corrected chi connectivity index (χ2v) is 9.10. The summed E-state index contributed by atoms with van der Waals surface area (Å²) in [6, 6.07) is 9.93. The van der Waals surface area contributed by atoms with Gasteiger partial charge in [-0.15, -0.1) is 0 Å². The number of unbranched alkanes of at least 4 members (excludes halogenated alkanes) is 9. The molecule has 0 aliphatic rings. The molecular formula is C28H50O3. The zero-order valence-corrected chi connectivity index (χ0v) is 20.9. The van der Waals surface area contributed by atoms with Gasteiger partial charge in [-0.2, -0.15) is 0 Å². The normalized spacial score (nSPS) is 14.0. The number of aliphatic hydroxyl groups excluding tert-OH is 1. The molecule has 0 bridgehead atoms. The molecule has 1 aromatic rings. The molecule has 0 heterocycles. The summed E-state index contributed by atoms with van der Waals surface area (Å²) in [5.74, 6) is -0.858. The maximum Gasteiger partial charge on any atom is 0.201 e. The highest BCUT2D eigenvalue weighted by atomic mass is 16.7. The summed E-state index contributed by atoms with van der Waals surface area (Å²) in [4.78, 5) is 0. The summed E-state index contributed by atoms with van der Waals surface area (Å²) in [6.45, 7) is 10.1. The maximum absolute atomic E-state index is 11.5. The van der Waals surface area contributed by atoms with E-state index in [4.69, 9.17) is 9.47 Å². The molecule has 3 nitrogen and oxygen atoms in total. The SMILES string of the molecule is CCCCCCCCC(C)C(OCCCCC)(OCCCCC)C(O)c1ccccc1. The smallest absolute Gasteiger partial charge is 0.201 e. The van der Waals surface area contributed by atoms with Gasteiger partial charge in [-0.05, 0) is 24.8 Å². The van der Waals surface area contributed by atoms with Crippen LogP contribution in [0.2, 0.25) is 0 Å². The van der Waals surface area contributed by atoms with E-state index in [1.54, 1.807) is 0 Å². The fourth-order valence-corrected chi connectivity index (χ4v) is 4.22. The van der Waals surface area contributed by atoms with Gasteiger partial charge in [0.05, 0.1) is 13.2 Å². The van der Waals surface area contributed by atoms with E-state index in [0.29, 0.717) is 13.2 Å². The van der Waals surface area contributed by atoms with Crippen LogP contribution < -0.4 is 0 Å². The summed E-state index contributed by atoms with van der Waals surface area (Å²) in [6.07, 6.45) is 14.4. The molecule has 0 fully saturated rings. The largest absolute Gasteiger partial charge is 0.383 e. The van der Waals surface area contributed by atoms with E-state index in [2.05, 4.69) is 27.7 Å². The predicted octanol–water partition coefficient (Wildman–Crippen LogP) is 8.22. The Hall–Kier alpha value is -0.900. The van der Waals surface area contributed by atoms with E-state index >= 15 is 0 Å². The Morgan fingerprint density at radius 2 is 1.19 bits per heavy atom. The van der Waals surface area contributed by atoms with Gasteiger partial charge in [0, 0.05) is 5.92 Å². The van der Waals surface area contributed by atoms with E-state index in [1.807, 2.05) is 30.3 Å². The fourth-order valence-electron chi connectivity index (χ4n) is 4.22. The van der Waals surface area contributed by atoms with Crippen molar-refractivity contribution in [1.29, 1.82) is 0 Å². The summed E-state index contributed by atoms with van der Waals surface area (Å²) in [7, 11) is 0. The monoisotopic (exact) mass is 434 g/mol. The molecular weight excluding hydrogens is 384 g/mol. The van der Waals surface area contributed by atoms with Gasteiger partial charge in [0.1, 0.15) is 6.10 Å². The van der Waals surface area contributed by atoms with Crippen molar-refractivity contribution in [3.63, 3.8) is 0 Å². The summed E-state index contributed by atoms with van der Waals surface area (Å²) in [5.41, 5.74) is 0.878. The van der Waals surface area contributed by atoms with E-state index in [1.165, 1.54) is 32.1 Å². The van der Waals surface area contributed by atoms with Crippen molar-refractivity contribution in [3.8, 4) is 0 Å². The van der Waals surface area contributed by atoms with Crippen LogP contribution in [0, 0.1) is 5.92 Å². The molecule has 31 heavy (non-hydrogen) atoms. The number of aliphatic hydroxyl groups is 1. The molecule has 2 atom stereocenters. The molecule has 0 aromatic heterocycles. The molecule has 1 N–H and O–H groups in total. The molecule has 0 aliphatic carbocycles.